The molecule has 2 amide bonds. The fourth-order valence-corrected chi connectivity index (χ4v) is 1.91. The van der Waals surface area contributed by atoms with Gasteiger partial charge in [-0.25, -0.2) is 9.59 Å². The first-order chi connectivity index (χ1) is 11.1. The molecule has 0 atom stereocenters. The van der Waals surface area contributed by atoms with Crippen molar-refractivity contribution in [2.75, 3.05) is 19.5 Å². The Morgan fingerprint density at radius 2 is 1.61 bits per heavy atom. The van der Waals surface area contributed by atoms with Crippen molar-refractivity contribution in [3.63, 3.8) is 0 Å². The molecule has 6 heteroatoms. The van der Waals surface area contributed by atoms with E-state index >= 15 is 0 Å². The van der Waals surface area contributed by atoms with Crippen molar-refractivity contribution in [2.24, 2.45) is 0 Å². The van der Waals surface area contributed by atoms with E-state index in [2.05, 4.69) is 15.4 Å². The summed E-state index contributed by atoms with van der Waals surface area (Å²) in [5.41, 5.74) is 2.02. The fourth-order valence-electron chi connectivity index (χ4n) is 1.91. The van der Waals surface area contributed by atoms with Crippen molar-refractivity contribution in [1.82, 2.24) is 5.32 Å². The number of methoxy groups -OCH3 is 2. The van der Waals surface area contributed by atoms with Crippen LogP contribution in [0.25, 0.3) is 0 Å². The number of carbonyl (C=O) groups excluding carboxylic acids is 2. The van der Waals surface area contributed by atoms with Crippen molar-refractivity contribution < 1.29 is 19.1 Å². The van der Waals surface area contributed by atoms with Crippen LogP contribution in [-0.4, -0.2) is 26.2 Å². The first-order valence-corrected chi connectivity index (χ1v) is 6.98. The van der Waals surface area contributed by atoms with Crippen molar-refractivity contribution in [2.45, 2.75) is 6.54 Å². The largest absolute Gasteiger partial charge is 0.497 e. The maximum absolute atomic E-state index is 11.8. The zero-order chi connectivity index (χ0) is 16.7. The number of carbonyl (C=O) groups is 2. The molecule has 0 saturated carbocycles. The van der Waals surface area contributed by atoms with Gasteiger partial charge in [0.1, 0.15) is 5.75 Å². The Morgan fingerprint density at radius 1 is 0.957 bits per heavy atom. The van der Waals surface area contributed by atoms with Crippen LogP contribution >= 0.6 is 0 Å². The fraction of sp³-hybridized carbons (Fsp3) is 0.176. The molecule has 2 aromatic carbocycles. The minimum atomic E-state index is -0.387. The van der Waals surface area contributed by atoms with Gasteiger partial charge in [-0.3, -0.25) is 0 Å². The summed E-state index contributed by atoms with van der Waals surface area (Å²) in [7, 11) is 2.92. The van der Waals surface area contributed by atoms with Crippen LogP contribution in [0.3, 0.4) is 0 Å². The zero-order valence-corrected chi connectivity index (χ0v) is 13.0. The standard InChI is InChI=1S/C17H18N2O4/c1-22-15-9-7-14(8-10-15)19-17(21)18-11-12-3-5-13(6-4-12)16(20)23-2/h3-10H,11H2,1-2H3,(H2,18,19,21). The molecule has 0 radical (unpaired) electrons. The quantitative estimate of drug-likeness (QED) is 0.832. The molecular formula is C17H18N2O4. The normalized spacial score (nSPS) is 9.83. The van der Waals surface area contributed by atoms with Crippen molar-refractivity contribution >= 4 is 17.7 Å². The lowest BCUT2D eigenvalue weighted by Crippen LogP contribution is -2.28. The highest BCUT2D eigenvalue weighted by molar-refractivity contribution is 5.90. The molecule has 2 aromatic rings. The SMILES string of the molecule is COC(=O)c1ccc(CNC(=O)Nc2ccc(OC)cc2)cc1. The molecule has 0 aliphatic rings. The van der Waals surface area contributed by atoms with E-state index in [1.165, 1.54) is 7.11 Å². The minimum Gasteiger partial charge on any atom is -0.497 e. The van der Waals surface area contributed by atoms with Crippen LogP contribution in [0, 0.1) is 0 Å². The van der Waals surface area contributed by atoms with Crippen LogP contribution in [0.5, 0.6) is 5.75 Å². The average Bonchev–Trinajstić information content (AvgIpc) is 2.60. The van der Waals surface area contributed by atoms with Gasteiger partial charge in [0.05, 0.1) is 19.8 Å². The topological polar surface area (TPSA) is 76.7 Å². The number of hydrogen-bond acceptors (Lipinski definition) is 4. The molecule has 2 N–H and O–H groups in total. The van der Waals surface area contributed by atoms with Gasteiger partial charge in [0.25, 0.3) is 0 Å². The van der Waals surface area contributed by atoms with Crippen molar-refractivity contribution in [3.8, 4) is 5.75 Å². The Balaban J connectivity index is 1.84. The van der Waals surface area contributed by atoms with E-state index < -0.39 is 0 Å². The Hall–Kier alpha value is -3.02. The average molecular weight is 314 g/mol. The number of nitrogens with one attached hydrogen (secondary N) is 2. The van der Waals surface area contributed by atoms with Crippen LogP contribution in [0.1, 0.15) is 15.9 Å². The Bertz CT molecular complexity index is 666. The van der Waals surface area contributed by atoms with Crippen molar-refractivity contribution in [1.29, 1.82) is 0 Å². The summed E-state index contributed by atoms with van der Waals surface area (Å²) in [5.74, 6) is 0.336. The first kappa shape index (κ1) is 16.4. The van der Waals surface area contributed by atoms with E-state index in [4.69, 9.17) is 4.74 Å². The van der Waals surface area contributed by atoms with Gasteiger partial charge in [-0.05, 0) is 42.0 Å². The van der Waals surface area contributed by atoms with E-state index in [0.717, 1.165) is 11.3 Å². The first-order valence-electron chi connectivity index (χ1n) is 6.98. The lowest BCUT2D eigenvalue weighted by molar-refractivity contribution is 0.0600. The number of rotatable bonds is 5. The van der Waals surface area contributed by atoms with E-state index in [-0.39, 0.29) is 12.0 Å². The second-order valence-corrected chi connectivity index (χ2v) is 4.72. The minimum absolute atomic E-state index is 0.313. The second-order valence-electron chi connectivity index (χ2n) is 4.72. The number of amides is 2. The number of ether oxygens (including phenoxy) is 2. The predicted octanol–water partition coefficient (Wildman–Crippen LogP) is 2.80. The third-order valence-electron chi connectivity index (χ3n) is 3.18. The van der Waals surface area contributed by atoms with Gasteiger partial charge in [0.2, 0.25) is 0 Å². The monoisotopic (exact) mass is 314 g/mol. The Morgan fingerprint density at radius 3 is 2.17 bits per heavy atom. The van der Waals surface area contributed by atoms with E-state index in [1.54, 1.807) is 55.6 Å². The Labute approximate surface area is 134 Å². The van der Waals surface area contributed by atoms with Gasteiger partial charge < -0.3 is 20.1 Å². The summed E-state index contributed by atoms with van der Waals surface area (Å²) in [4.78, 5) is 23.2. The van der Waals surface area contributed by atoms with E-state index in [0.29, 0.717) is 17.8 Å². The number of esters is 1. The zero-order valence-electron chi connectivity index (χ0n) is 13.0. The molecule has 0 aliphatic carbocycles. The number of benzene rings is 2. The van der Waals surface area contributed by atoms with Crippen LogP contribution in [0.4, 0.5) is 10.5 Å². The number of urea groups is 1. The summed E-state index contributed by atoms with van der Waals surface area (Å²) in [6.07, 6.45) is 0. The molecule has 0 aromatic heterocycles. The maximum Gasteiger partial charge on any atom is 0.337 e. The number of hydrogen-bond donors (Lipinski definition) is 2. The third kappa shape index (κ3) is 4.74. The highest BCUT2D eigenvalue weighted by atomic mass is 16.5. The highest BCUT2D eigenvalue weighted by Gasteiger charge is 2.05. The van der Waals surface area contributed by atoms with E-state index in [1.807, 2.05) is 0 Å². The third-order valence-corrected chi connectivity index (χ3v) is 3.18. The molecule has 120 valence electrons. The predicted molar refractivity (Wildman–Crippen MR) is 86.6 cm³/mol. The number of anilines is 1. The maximum atomic E-state index is 11.8. The summed E-state index contributed by atoms with van der Waals surface area (Å²) in [5, 5.41) is 5.46. The molecule has 0 bridgehead atoms. The summed E-state index contributed by atoms with van der Waals surface area (Å²) >= 11 is 0. The van der Waals surface area contributed by atoms with Crippen LogP contribution in [-0.2, 0) is 11.3 Å². The summed E-state index contributed by atoms with van der Waals surface area (Å²) in [6, 6.07) is 13.6. The molecule has 0 spiro atoms. The molecular weight excluding hydrogens is 296 g/mol. The molecule has 0 unspecified atom stereocenters. The van der Waals surface area contributed by atoms with Crippen molar-refractivity contribution in [3.05, 3.63) is 59.7 Å². The Kier molecular flexibility index (Phi) is 5.57. The highest BCUT2D eigenvalue weighted by Crippen LogP contribution is 2.14. The molecule has 2 rings (SSSR count). The van der Waals surface area contributed by atoms with Gasteiger partial charge in [0, 0.05) is 12.2 Å². The molecule has 0 fully saturated rings. The van der Waals surface area contributed by atoms with Crippen LogP contribution in [0.15, 0.2) is 48.5 Å². The van der Waals surface area contributed by atoms with Gasteiger partial charge in [-0.2, -0.15) is 0 Å². The molecule has 0 aliphatic heterocycles. The summed E-state index contributed by atoms with van der Waals surface area (Å²) in [6.45, 7) is 0.351. The smallest absolute Gasteiger partial charge is 0.337 e. The second kappa shape index (κ2) is 7.84. The van der Waals surface area contributed by atoms with Crippen LogP contribution in [0.2, 0.25) is 0 Å². The van der Waals surface area contributed by atoms with E-state index in [9.17, 15) is 9.59 Å². The summed E-state index contributed by atoms with van der Waals surface area (Å²) < 4.78 is 9.68. The van der Waals surface area contributed by atoms with Gasteiger partial charge >= 0.3 is 12.0 Å². The lowest BCUT2D eigenvalue weighted by atomic mass is 10.1. The van der Waals surface area contributed by atoms with Gasteiger partial charge in [-0.15, -0.1) is 0 Å². The molecule has 0 saturated heterocycles. The van der Waals surface area contributed by atoms with Gasteiger partial charge in [0.15, 0.2) is 0 Å². The molecule has 6 nitrogen and oxygen atoms in total. The van der Waals surface area contributed by atoms with Gasteiger partial charge in [-0.1, -0.05) is 12.1 Å². The molecule has 23 heavy (non-hydrogen) atoms. The lowest BCUT2D eigenvalue weighted by Gasteiger charge is -2.08. The van der Waals surface area contributed by atoms with Crippen LogP contribution < -0.4 is 15.4 Å². The molecule has 0 heterocycles.